The standard InChI is InChI=1S/C20H30N2O3S/c1-14(2)21-12-18-20(19(13-23)22(18)26(3,24)25)17-10-8-16(9-11-17)15-6-4-5-7-15/h6,8-11,14,18-21,23H,4-5,7,12-13H2,1-3H3/t18-,19+,20+/m1/s1. The number of nitrogens with zero attached hydrogens (tertiary/aromatic N) is 1. The molecular formula is C20H30N2O3S. The maximum absolute atomic E-state index is 12.2. The molecule has 1 saturated heterocycles. The summed E-state index contributed by atoms with van der Waals surface area (Å²) in [6, 6.07) is 8.20. The minimum atomic E-state index is -3.36. The number of hydrogen-bond donors (Lipinski definition) is 2. The number of allylic oxidation sites excluding steroid dienone is 2. The van der Waals surface area contributed by atoms with E-state index in [0.717, 1.165) is 18.4 Å². The third kappa shape index (κ3) is 3.88. The molecule has 6 heteroatoms. The van der Waals surface area contributed by atoms with Crippen LogP contribution in [0.1, 0.15) is 50.2 Å². The van der Waals surface area contributed by atoms with Gasteiger partial charge in [-0.25, -0.2) is 8.42 Å². The summed E-state index contributed by atoms with van der Waals surface area (Å²) < 4.78 is 25.9. The molecule has 26 heavy (non-hydrogen) atoms. The van der Waals surface area contributed by atoms with Crippen molar-refractivity contribution in [3.05, 3.63) is 41.5 Å². The lowest BCUT2D eigenvalue weighted by atomic mass is 9.77. The van der Waals surface area contributed by atoms with Crippen LogP contribution in [-0.2, 0) is 10.0 Å². The van der Waals surface area contributed by atoms with Crippen molar-refractivity contribution in [2.45, 2.75) is 57.2 Å². The fraction of sp³-hybridized carbons (Fsp3) is 0.600. The lowest BCUT2D eigenvalue weighted by molar-refractivity contribution is 0.0284. The normalized spacial score (nSPS) is 26.8. The molecule has 1 aliphatic heterocycles. The topological polar surface area (TPSA) is 69.6 Å². The van der Waals surface area contributed by atoms with Crippen LogP contribution >= 0.6 is 0 Å². The van der Waals surface area contributed by atoms with Gasteiger partial charge in [0.1, 0.15) is 0 Å². The molecule has 144 valence electrons. The Labute approximate surface area is 157 Å². The van der Waals surface area contributed by atoms with Crippen molar-refractivity contribution in [2.75, 3.05) is 19.4 Å². The summed E-state index contributed by atoms with van der Waals surface area (Å²) in [7, 11) is -3.36. The van der Waals surface area contributed by atoms with Gasteiger partial charge in [-0.1, -0.05) is 44.2 Å². The Morgan fingerprint density at radius 3 is 2.42 bits per heavy atom. The minimum Gasteiger partial charge on any atom is -0.395 e. The van der Waals surface area contributed by atoms with E-state index in [9.17, 15) is 13.5 Å². The van der Waals surface area contributed by atoms with Gasteiger partial charge < -0.3 is 10.4 Å². The maximum atomic E-state index is 12.2. The first kappa shape index (κ1) is 19.5. The first-order valence-corrected chi connectivity index (χ1v) is 11.3. The van der Waals surface area contributed by atoms with Crippen molar-refractivity contribution in [3.8, 4) is 0 Å². The summed E-state index contributed by atoms with van der Waals surface area (Å²) in [5, 5.41) is 13.2. The molecule has 0 unspecified atom stereocenters. The molecule has 2 N–H and O–H groups in total. The zero-order valence-corrected chi connectivity index (χ0v) is 16.7. The number of hydrogen-bond acceptors (Lipinski definition) is 4. The molecule has 1 fully saturated rings. The van der Waals surface area contributed by atoms with Crippen LogP contribution in [0.25, 0.3) is 5.57 Å². The average Bonchev–Trinajstić information content (AvgIpc) is 3.07. The van der Waals surface area contributed by atoms with Crippen LogP contribution in [0, 0.1) is 0 Å². The van der Waals surface area contributed by atoms with Gasteiger partial charge >= 0.3 is 0 Å². The number of aliphatic hydroxyl groups excluding tert-OH is 1. The Hall–Kier alpha value is -1.21. The Morgan fingerprint density at radius 2 is 1.92 bits per heavy atom. The summed E-state index contributed by atoms with van der Waals surface area (Å²) in [6.45, 7) is 4.51. The number of aliphatic hydroxyl groups is 1. The highest BCUT2D eigenvalue weighted by Gasteiger charge is 2.52. The van der Waals surface area contributed by atoms with Crippen molar-refractivity contribution in [2.24, 2.45) is 0 Å². The maximum Gasteiger partial charge on any atom is 0.211 e. The van der Waals surface area contributed by atoms with Crippen LogP contribution in [0.2, 0.25) is 0 Å². The van der Waals surface area contributed by atoms with Crippen molar-refractivity contribution in [1.82, 2.24) is 9.62 Å². The second-order valence-corrected chi connectivity index (χ2v) is 9.63. The molecule has 1 heterocycles. The number of benzene rings is 1. The lowest BCUT2D eigenvalue weighted by Crippen LogP contribution is -2.68. The van der Waals surface area contributed by atoms with Crippen molar-refractivity contribution < 1.29 is 13.5 Å². The van der Waals surface area contributed by atoms with Gasteiger partial charge in [-0.3, -0.25) is 0 Å². The third-order valence-corrected chi connectivity index (χ3v) is 6.80. The highest BCUT2D eigenvalue weighted by molar-refractivity contribution is 7.88. The molecule has 1 aromatic carbocycles. The van der Waals surface area contributed by atoms with Gasteiger partial charge in [0.25, 0.3) is 0 Å². The zero-order valence-electron chi connectivity index (χ0n) is 15.9. The summed E-state index contributed by atoms with van der Waals surface area (Å²) >= 11 is 0. The van der Waals surface area contributed by atoms with E-state index in [0.29, 0.717) is 6.54 Å². The molecule has 0 spiro atoms. The summed E-state index contributed by atoms with van der Waals surface area (Å²) in [5.41, 5.74) is 3.75. The van der Waals surface area contributed by atoms with E-state index in [4.69, 9.17) is 0 Å². The van der Waals surface area contributed by atoms with Gasteiger partial charge in [-0.2, -0.15) is 4.31 Å². The second-order valence-electron chi connectivity index (χ2n) is 7.74. The number of nitrogens with one attached hydrogen (secondary N) is 1. The van der Waals surface area contributed by atoms with Crippen molar-refractivity contribution in [1.29, 1.82) is 0 Å². The van der Waals surface area contributed by atoms with Crippen molar-refractivity contribution in [3.63, 3.8) is 0 Å². The molecule has 0 aromatic heterocycles. The Balaban J connectivity index is 1.85. The lowest BCUT2D eigenvalue weighted by Gasteiger charge is -2.53. The van der Waals surface area contributed by atoms with E-state index in [1.165, 1.54) is 28.1 Å². The molecular weight excluding hydrogens is 348 g/mol. The minimum absolute atomic E-state index is 0.00702. The fourth-order valence-corrected chi connectivity index (χ4v) is 5.66. The van der Waals surface area contributed by atoms with E-state index in [-0.39, 0.29) is 30.7 Å². The Kier molecular flexibility index (Phi) is 5.87. The summed E-state index contributed by atoms with van der Waals surface area (Å²) in [5.74, 6) is 0.00702. The fourth-order valence-electron chi connectivity index (χ4n) is 4.27. The van der Waals surface area contributed by atoms with Gasteiger partial charge in [-0.05, 0) is 36.0 Å². The second kappa shape index (κ2) is 7.80. The monoisotopic (exact) mass is 378 g/mol. The summed E-state index contributed by atoms with van der Waals surface area (Å²) in [6.07, 6.45) is 7.03. The molecule has 1 aromatic rings. The van der Waals surface area contributed by atoms with E-state index >= 15 is 0 Å². The Morgan fingerprint density at radius 1 is 1.23 bits per heavy atom. The first-order valence-electron chi connectivity index (χ1n) is 9.45. The molecule has 5 nitrogen and oxygen atoms in total. The first-order chi connectivity index (χ1) is 12.3. The van der Waals surface area contributed by atoms with E-state index in [2.05, 4.69) is 35.7 Å². The number of rotatable bonds is 7. The quantitative estimate of drug-likeness (QED) is 0.764. The molecule has 0 saturated carbocycles. The molecule has 0 bridgehead atoms. The van der Waals surface area contributed by atoms with E-state index in [1.54, 1.807) is 0 Å². The molecule has 0 amide bonds. The highest BCUT2D eigenvalue weighted by atomic mass is 32.2. The Bertz CT molecular complexity index is 756. The van der Waals surface area contributed by atoms with Crippen LogP contribution in [0.4, 0.5) is 0 Å². The predicted octanol–water partition coefficient (Wildman–Crippen LogP) is 2.34. The molecule has 3 atom stereocenters. The molecule has 1 aliphatic carbocycles. The van der Waals surface area contributed by atoms with Crippen molar-refractivity contribution >= 4 is 15.6 Å². The SMILES string of the molecule is CC(C)NC[C@@H]1[C@H](c2ccc(C3=CCCC3)cc2)[C@H](CO)N1S(C)(=O)=O. The number of sulfonamides is 1. The van der Waals surface area contributed by atoms with Crippen LogP contribution in [-0.4, -0.2) is 55.4 Å². The summed E-state index contributed by atoms with van der Waals surface area (Å²) in [4.78, 5) is 0. The van der Waals surface area contributed by atoms with Gasteiger partial charge in [0.15, 0.2) is 0 Å². The third-order valence-electron chi connectivity index (χ3n) is 5.50. The van der Waals surface area contributed by atoms with Crippen LogP contribution in [0.5, 0.6) is 0 Å². The average molecular weight is 379 g/mol. The highest BCUT2D eigenvalue weighted by Crippen LogP contribution is 2.42. The zero-order chi connectivity index (χ0) is 18.9. The smallest absolute Gasteiger partial charge is 0.211 e. The van der Waals surface area contributed by atoms with Gasteiger partial charge in [0.2, 0.25) is 10.0 Å². The van der Waals surface area contributed by atoms with E-state index in [1.807, 2.05) is 13.8 Å². The largest absolute Gasteiger partial charge is 0.395 e. The molecule has 3 rings (SSSR count). The van der Waals surface area contributed by atoms with Gasteiger partial charge in [0.05, 0.1) is 18.9 Å². The molecule has 2 aliphatic rings. The molecule has 0 radical (unpaired) electrons. The van der Waals surface area contributed by atoms with Gasteiger partial charge in [0, 0.05) is 24.5 Å². The van der Waals surface area contributed by atoms with Gasteiger partial charge in [-0.15, -0.1) is 0 Å². The van der Waals surface area contributed by atoms with Crippen LogP contribution < -0.4 is 5.32 Å². The predicted molar refractivity (Wildman–Crippen MR) is 105 cm³/mol. The van der Waals surface area contributed by atoms with E-state index < -0.39 is 10.0 Å². The van der Waals surface area contributed by atoms with Crippen LogP contribution in [0.3, 0.4) is 0 Å². The van der Waals surface area contributed by atoms with Crippen LogP contribution in [0.15, 0.2) is 30.3 Å².